The predicted molar refractivity (Wildman–Crippen MR) is 94.5 cm³/mol. The largest absolute Gasteiger partial charge is 0.355 e. The SMILES string of the molecule is CN(C)Cc1cccc(C(=O)N2CCCC(C(=O)NCCN)C2)c1. The number of piperidine rings is 1. The summed E-state index contributed by atoms with van der Waals surface area (Å²) in [6, 6.07) is 7.73. The van der Waals surface area contributed by atoms with E-state index in [9.17, 15) is 9.59 Å². The highest BCUT2D eigenvalue weighted by atomic mass is 16.2. The number of hydrogen-bond donors (Lipinski definition) is 2. The Hall–Kier alpha value is -1.92. The van der Waals surface area contributed by atoms with E-state index in [1.54, 1.807) is 4.90 Å². The zero-order valence-electron chi connectivity index (χ0n) is 14.6. The third kappa shape index (κ3) is 5.04. The quantitative estimate of drug-likeness (QED) is 0.803. The number of nitrogens with zero attached hydrogens (tertiary/aromatic N) is 2. The molecule has 1 aromatic rings. The molecule has 0 bridgehead atoms. The van der Waals surface area contributed by atoms with Gasteiger partial charge in [-0.25, -0.2) is 0 Å². The Kier molecular flexibility index (Phi) is 6.75. The van der Waals surface area contributed by atoms with E-state index in [-0.39, 0.29) is 17.7 Å². The van der Waals surface area contributed by atoms with Crippen molar-refractivity contribution in [2.24, 2.45) is 11.7 Å². The van der Waals surface area contributed by atoms with E-state index in [1.807, 2.05) is 38.4 Å². The average Bonchev–Trinajstić information content (AvgIpc) is 2.58. The van der Waals surface area contributed by atoms with Crippen molar-refractivity contribution in [1.82, 2.24) is 15.1 Å². The molecule has 1 aliphatic heterocycles. The van der Waals surface area contributed by atoms with Gasteiger partial charge in [0.05, 0.1) is 5.92 Å². The van der Waals surface area contributed by atoms with Crippen LogP contribution in [-0.2, 0) is 11.3 Å². The van der Waals surface area contributed by atoms with Gasteiger partial charge in [0.1, 0.15) is 0 Å². The van der Waals surface area contributed by atoms with Crippen LogP contribution in [0, 0.1) is 5.92 Å². The van der Waals surface area contributed by atoms with E-state index in [4.69, 9.17) is 5.73 Å². The second-order valence-corrected chi connectivity index (χ2v) is 6.61. The van der Waals surface area contributed by atoms with Crippen molar-refractivity contribution in [3.8, 4) is 0 Å². The van der Waals surface area contributed by atoms with Crippen molar-refractivity contribution >= 4 is 11.8 Å². The van der Waals surface area contributed by atoms with Crippen LogP contribution in [0.5, 0.6) is 0 Å². The van der Waals surface area contributed by atoms with Gasteiger partial charge < -0.3 is 20.9 Å². The van der Waals surface area contributed by atoms with Crippen LogP contribution in [0.15, 0.2) is 24.3 Å². The molecule has 6 nitrogen and oxygen atoms in total. The summed E-state index contributed by atoms with van der Waals surface area (Å²) in [6.07, 6.45) is 1.67. The summed E-state index contributed by atoms with van der Waals surface area (Å²) in [4.78, 5) is 28.8. The minimum absolute atomic E-state index is 0.000640. The molecule has 0 radical (unpaired) electrons. The first-order valence-electron chi connectivity index (χ1n) is 8.52. The minimum atomic E-state index is -0.140. The lowest BCUT2D eigenvalue weighted by Gasteiger charge is -2.32. The summed E-state index contributed by atoms with van der Waals surface area (Å²) < 4.78 is 0. The van der Waals surface area contributed by atoms with Crippen molar-refractivity contribution < 1.29 is 9.59 Å². The van der Waals surface area contributed by atoms with Gasteiger partial charge >= 0.3 is 0 Å². The molecule has 1 saturated heterocycles. The monoisotopic (exact) mass is 332 g/mol. The molecule has 1 fully saturated rings. The number of nitrogens with two attached hydrogens (primary N) is 1. The average molecular weight is 332 g/mol. The van der Waals surface area contributed by atoms with Crippen molar-refractivity contribution in [2.45, 2.75) is 19.4 Å². The number of carbonyl (C=O) groups is 2. The number of nitrogens with one attached hydrogen (secondary N) is 1. The minimum Gasteiger partial charge on any atom is -0.355 e. The molecule has 0 aliphatic carbocycles. The number of likely N-dealkylation sites (tertiary alicyclic amines) is 1. The Bertz CT molecular complexity index is 574. The molecule has 3 N–H and O–H groups in total. The van der Waals surface area contributed by atoms with Gasteiger partial charge in [-0.3, -0.25) is 9.59 Å². The topological polar surface area (TPSA) is 78.7 Å². The molecule has 0 spiro atoms. The molecule has 0 saturated carbocycles. The molecule has 2 amide bonds. The van der Waals surface area contributed by atoms with Crippen molar-refractivity contribution in [3.05, 3.63) is 35.4 Å². The fourth-order valence-corrected chi connectivity index (χ4v) is 3.07. The summed E-state index contributed by atoms with van der Waals surface area (Å²) >= 11 is 0. The smallest absolute Gasteiger partial charge is 0.253 e. The molecular weight excluding hydrogens is 304 g/mol. The van der Waals surface area contributed by atoms with Crippen LogP contribution in [0.1, 0.15) is 28.8 Å². The first-order valence-corrected chi connectivity index (χ1v) is 8.52. The Labute approximate surface area is 144 Å². The van der Waals surface area contributed by atoms with Gasteiger partial charge in [0.25, 0.3) is 5.91 Å². The second kappa shape index (κ2) is 8.80. The fourth-order valence-electron chi connectivity index (χ4n) is 3.07. The second-order valence-electron chi connectivity index (χ2n) is 6.61. The first-order chi connectivity index (χ1) is 11.5. The lowest BCUT2D eigenvalue weighted by atomic mass is 9.96. The van der Waals surface area contributed by atoms with Gasteiger partial charge in [0.2, 0.25) is 5.91 Å². The predicted octanol–water partition coefficient (Wildman–Crippen LogP) is 0.675. The Balaban J connectivity index is 2.02. The summed E-state index contributed by atoms with van der Waals surface area (Å²) in [7, 11) is 4.01. The van der Waals surface area contributed by atoms with E-state index >= 15 is 0 Å². The Morgan fingerprint density at radius 1 is 1.38 bits per heavy atom. The molecular formula is C18H28N4O2. The van der Waals surface area contributed by atoms with Crippen LogP contribution < -0.4 is 11.1 Å². The van der Waals surface area contributed by atoms with Gasteiger partial charge in [-0.15, -0.1) is 0 Å². The molecule has 24 heavy (non-hydrogen) atoms. The molecule has 1 atom stereocenters. The molecule has 6 heteroatoms. The first kappa shape index (κ1) is 18.4. The zero-order valence-corrected chi connectivity index (χ0v) is 14.6. The van der Waals surface area contributed by atoms with Crippen LogP contribution in [0.4, 0.5) is 0 Å². The number of rotatable bonds is 6. The Morgan fingerprint density at radius 2 is 2.17 bits per heavy atom. The number of hydrogen-bond acceptors (Lipinski definition) is 4. The highest BCUT2D eigenvalue weighted by Gasteiger charge is 2.28. The van der Waals surface area contributed by atoms with Gasteiger partial charge in [-0.05, 0) is 44.6 Å². The number of benzene rings is 1. The maximum Gasteiger partial charge on any atom is 0.253 e. The van der Waals surface area contributed by atoms with Gasteiger partial charge in [0.15, 0.2) is 0 Å². The summed E-state index contributed by atoms with van der Waals surface area (Å²) in [5.41, 5.74) is 7.23. The van der Waals surface area contributed by atoms with Gasteiger partial charge in [-0.2, -0.15) is 0 Å². The van der Waals surface area contributed by atoms with Crippen LogP contribution in [0.3, 0.4) is 0 Å². The molecule has 1 aromatic carbocycles. The normalized spacial score (nSPS) is 17.8. The summed E-state index contributed by atoms with van der Waals surface area (Å²) in [5, 5.41) is 2.82. The van der Waals surface area contributed by atoms with Crippen molar-refractivity contribution in [2.75, 3.05) is 40.3 Å². The van der Waals surface area contributed by atoms with Crippen molar-refractivity contribution in [3.63, 3.8) is 0 Å². The maximum absolute atomic E-state index is 12.8. The van der Waals surface area contributed by atoms with E-state index < -0.39 is 0 Å². The van der Waals surface area contributed by atoms with E-state index in [1.165, 1.54) is 0 Å². The van der Waals surface area contributed by atoms with E-state index in [0.29, 0.717) is 31.7 Å². The molecule has 1 aliphatic rings. The highest BCUT2D eigenvalue weighted by molar-refractivity contribution is 5.95. The van der Waals surface area contributed by atoms with Gasteiger partial charge in [-0.1, -0.05) is 12.1 Å². The fraction of sp³-hybridized carbons (Fsp3) is 0.556. The lowest BCUT2D eigenvalue weighted by Crippen LogP contribution is -2.46. The standard InChI is InChI=1S/C18H28N4O2/c1-21(2)12-14-5-3-6-15(11-14)18(24)22-10-4-7-16(13-22)17(23)20-9-8-19/h3,5-6,11,16H,4,7-10,12-13,19H2,1-2H3,(H,20,23). The third-order valence-corrected chi connectivity index (χ3v) is 4.20. The number of carbonyl (C=O) groups excluding carboxylic acids is 2. The highest BCUT2D eigenvalue weighted by Crippen LogP contribution is 2.19. The lowest BCUT2D eigenvalue weighted by molar-refractivity contribution is -0.126. The van der Waals surface area contributed by atoms with Crippen LogP contribution >= 0.6 is 0 Å². The number of amides is 2. The van der Waals surface area contributed by atoms with Crippen LogP contribution in [0.2, 0.25) is 0 Å². The van der Waals surface area contributed by atoms with Crippen LogP contribution in [-0.4, -0.2) is 61.9 Å². The van der Waals surface area contributed by atoms with Crippen molar-refractivity contribution in [1.29, 1.82) is 0 Å². The van der Waals surface area contributed by atoms with E-state index in [0.717, 1.165) is 24.9 Å². The molecule has 0 aromatic heterocycles. The Morgan fingerprint density at radius 3 is 2.88 bits per heavy atom. The maximum atomic E-state index is 12.8. The third-order valence-electron chi connectivity index (χ3n) is 4.20. The van der Waals surface area contributed by atoms with Gasteiger partial charge in [0, 0.05) is 38.3 Å². The summed E-state index contributed by atoms with van der Waals surface area (Å²) in [6.45, 7) is 2.89. The molecule has 132 valence electrons. The molecule has 1 heterocycles. The zero-order chi connectivity index (χ0) is 17.5. The molecule has 2 rings (SSSR count). The molecule has 1 unspecified atom stereocenters. The van der Waals surface area contributed by atoms with Crippen LogP contribution in [0.25, 0.3) is 0 Å². The summed E-state index contributed by atoms with van der Waals surface area (Å²) in [5.74, 6) is -0.134. The van der Waals surface area contributed by atoms with E-state index in [2.05, 4.69) is 10.2 Å².